The Morgan fingerprint density at radius 3 is 2.88 bits per heavy atom. The van der Waals surface area contributed by atoms with Crippen LogP contribution in [-0.2, 0) is 4.79 Å². The predicted octanol–water partition coefficient (Wildman–Crippen LogP) is 3.50. The molecule has 1 rings (SSSR count). The summed E-state index contributed by atoms with van der Waals surface area (Å²) in [6.07, 6.45) is 3.51. The second kappa shape index (κ2) is 6.43. The lowest BCUT2D eigenvalue weighted by Crippen LogP contribution is -1.93. The summed E-state index contributed by atoms with van der Waals surface area (Å²) in [5, 5.41) is 8.56. The van der Waals surface area contributed by atoms with Gasteiger partial charge in [-0.15, -0.1) is 0 Å². The third-order valence-corrected chi connectivity index (χ3v) is 2.62. The van der Waals surface area contributed by atoms with Gasteiger partial charge in [0.1, 0.15) is 4.60 Å². The van der Waals surface area contributed by atoms with E-state index in [0.717, 1.165) is 22.3 Å². The maximum Gasteiger partial charge on any atom is 0.303 e. The Balaban J connectivity index is 2.77. The molecule has 1 N–H and O–H groups in total. The molecule has 0 amide bonds. The molecule has 0 fully saturated rings. The first-order valence-corrected chi connectivity index (χ1v) is 5.96. The van der Waals surface area contributed by atoms with E-state index in [-0.39, 0.29) is 6.42 Å². The van der Waals surface area contributed by atoms with Crippen LogP contribution in [0.5, 0.6) is 0 Å². The summed E-state index contributed by atoms with van der Waals surface area (Å²) < 4.78 is 0.794. The minimum Gasteiger partial charge on any atom is -0.481 e. The summed E-state index contributed by atoms with van der Waals surface area (Å²) in [4.78, 5) is 14.8. The Morgan fingerprint density at radius 2 is 2.31 bits per heavy atom. The number of aliphatic carboxylic acids is 1. The van der Waals surface area contributed by atoms with Crippen LogP contribution in [0.1, 0.15) is 31.9 Å². The van der Waals surface area contributed by atoms with Crippen LogP contribution in [0.3, 0.4) is 0 Å². The van der Waals surface area contributed by atoms with Crippen LogP contribution in [0.15, 0.2) is 28.9 Å². The van der Waals surface area contributed by atoms with E-state index in [2.05, 4.69) is 20.9 Å². The van der Waals surface area contributed by atoms with Crippen LogP contribution in [0.2, 0.25) is 0 Å². The van der Waals surface area contributed by atoms with Crippen molar-refractivity contribution in [2.24, 2.45) is 0 Å². The van der Waals surface area contributed by atoms with Gasteiger partial charge in [-0.1, -0.05) is 19.1 Å². The first-order valence-electron chi connectivity index (χ1n) is 5.17. The fourth-order valence-electron chi connectivity index (χ4n) is 1.39. The number of hydrogen-bond donors (Lipinski definition) is 1. The van der Waals surface area contributed by atoms with E-state index in [9.17, 15) is 4.79 Å². The number of rotatable bonds is 5. The smallest absolute Gasteiger partial charge is 0.303 e. The van der Waals surface area contributed by atoms with Crippen molar-refractivity contribution in [1.29, 1.82) is 0 Å². The first-order chi connectivity index (χ1) is 7.63. The van der Waals surface area contributed by atoms with E-state index in [0.29, 0.717) is 6.42 Å². The molecule has 0 saturated carbocycles. The molecule has 0 radical (unpaired) electrons. The molecule has 1 aromatic rings. The van der Waals surface area contributed by atoms with Gasteiger partial charge in [0, 0.05) is 6.42 Å². The second-order valence-corrected chi connectivity index (χ2v) is 4.17. The van der Waals surface area contributed by atoms with E-state index in [1.807, 2.05) is 31.2 Å². The van der Waals surface area contributed by atoms with E-state index < -0.39 is 5.97 Å². The highest BCUT2D eigenvalue weighted by Gasteiger charge is 2.02. The highest BCUT2D eigenvalue weighted by Crippen LogP contribution is 2.19. The minimum absolute atomic E-state index is 0.164. The summed E-state index contributed by atoms with van der Waals surface area (Å²) in [7, 11) is 0. The molecule has 0 unspecified atom stereocenters. The third kappa shape index (κ3) is 4.14. The summed E-state index contributed by atoms with van der Waals surface area (Å²) in [6, 6.07) is 5.72. The number of carbonyl (C=O) groups is 1. The molecule has 0 atom stereocenters. The monoisotopic (exact) mass is 283 g/mol. The lowest BCUT2D eigenvalue weighted by atomic mass is 10.1. The van der Waals surface area contributed by atoms with Gasteiger partial charge in [0.05, 0.1) is 5.69 Å². The molecule has 1 heterocycles. The zero-order chi connectivity index (χ0) is 12.0. The van der Waals surface area contributed by atoms with Crippen molar-refractivity contribution in [2.45, 2.75) is 26.2 Å². The van der Waals surface area contributed by atoms with Gasteiger partial charge < -0.3 is 5.11 Å². The average Bonchev–Trinajstić information content (AvgIpc) is 2.24. The van der Waals surface area contributed by atoms with Crippen LogP contribution in [0.4, 0.5) is 0 Å². The number of allylic oxidation sites excluding steroid dienone is 2. The lowest BCUT2D eigenvalue weighted by molar-refractivity contribution is -0.136. The highest BCUT2D eigenvalue weighted by atomic mass is 79.9. The zero-order valence-electron chi connectivity index (χ0n) is 9.11. The largest absolute Gasteiger partial charge is 0.481 e. The molecule has 0 saturated heterocycles. The number of nitrogens with zero attached hydrogens (tertiary/aromatic N) is 1. The first kappa shape index (κ1) is 12.9. The SMILES string of the molecule is CC/C(=C\CCC(=O)O)c1cccc(Br)n1. The molecule has 1 aromatic heterocycles. The van der Waals surface area contributed by atoms with E-state index in [1.165, 1.54) is 0 Å². The Hall–Kier alpha value is -1.16. The number of carboxylic acids is 1. The standard InChI is InChI=1S/C12H14BrNO2/c1-2-9(5-3-8-12(15)16)10-6-4-7-11(13)14-10/h4-7H,2-3,8H2,1H3,(H,15,16)/b9-5+. The Labute approximate surface area is 103 Å². The van der Waals surface area contributed by atoms with Crippen LogP contribution in [-0.4, -0.2) is 16.1 Å². The van der Waals surface area contributed by atoms with Gasteiger partial charge in [0.15, 0.2) is 0 Å². The van der Waals surface area contributed by atoms with Gasteiger partial charge in [0.25, 0.3) is 0 Å². The number of aromatic nitrogens is 1. The molecule has 3 nitrogen and oxygen atoms in total. The van der Waals surface area contributed by atoms with Crippen molar-refractivity contribution in [3.8, 4) is 0 Å². The normalized spacial score (nSPS) is 11.5. The van der Waals surface area contributed by atoms with Crippen molar-refractivity contribution in [3.63, 3.8) is 0 Å². The molecule has 0 aliphatic rings. The summed E-state index contributed by atoms with van der Waals surface area (Å²) in [6.45, 7) is 2.04. The van der Waals surface area contributed by atoms with Gasteiger partial charge in [-0.25, -0.2) is 4.98 Å². The zero-order valence-corrected chi connectivity index (χ0v) is 10.7. The number of pyridine rings is 1. The summed E-state index contributed by atoms with van der Waals surface area (Å²) in [5.74, 6) is -0.770. The maximum absolute atomic E-state index is 10.4. The van der Waals surface area contributed by atoms with Crippen molar-refractivity contribution in [3.05, 3.63) is 34.6 Å². The van der Waals surface area contributed by atoms with Crippen LogP contribution >= 0.6 is 15.9 Å². The fourth-order valence-corrected chi connectivity index (χ4v) is 1.73. The number of halogens is 1. The Kier molecular flexibility index (Phi) is 5.19. The van der Waals surface area contributed by atoms with E-state index in [4.69, 9.17) is 5.11 Å². The topological polar surface area (TPSA) is 50.2 Å². The minimum atomic E-state index is -0.770. The third-order valence-electron chi connectivity index (χ3n) is 2.17. The predicted molar refractivity (Wildman–Crippen MR) is 67.1 cm³/mol. The molecule has 86 valence electrons. The van der Waals surface area contributed by atoms with Crippen molar-refractivity contribution >= 4 is 27.5 Å². The molecule has 0 aromatic carbocycles. The number of hydrogen-bond acceptors (Lipinski definition) is 2. The highest BCUT2D eigenvalue weighted by molar-refractivity contribution is 9.10. The van der Waals surface area contributed by atoms with E-state index in [1.54, 1.807) is 0 Å². The van der Waals surface area contributed by atoms with Gasteiger partial charge in [-0.2, -0.15) is 0 Å². The molecule has 0 aliphatic heterocycles. The van der Waals surface area contributed by atoms with Crippen molar-refractivity contribution in [2.75, 3.05) is 0 Å². The van der Waals surface area contributed by atoms with Crippen molar-refractivity contribution in [1.82, 2.24) is 4.98 Å². The molecule has 4 heteroatoms. The number of carboxylic acid groups (broad SMARTS) is 1. The van der Waals surface area contributed by atoms with Crippen LogP contribution < -0.4 is 0 Å². The van der Waals surface area contributed by atoms with Crippen LogP contribution in [0, 0.1) is 0 Å². The summed E-state index contributed by atoms with van der Waals surface area (Å²) in [5.41, 5.74) is 1.99. The Morgan fingerprint density at radius 1 is 1.56 bits per heavy atom. The van der Waals surface area contributed by atoms with Gasteiger partial charge in [0.2, 0.25) is 0 Å². The molecule has 0 spiro atoms. The summed E-state index contributed by atoms with van der Waals surface area (Å²) >= 11 is 3.32. The fraction of sp³-hybridized carbons (Fsp3) is 0.333. The van der Waals surface area contributed by atoms with E-state index >= 15 is 0 Å². The molecule has 0 bridgehead atoms. The second-order valence-electron chi connectivity index (χ2n) is 3.36. The van der Waals surface area contributed by atoms with Gasteiger partial charge >= 0.3 is 5.97 Å². The molecular weight excluding hydrogens is 270 g/mol. The maximum atomic E-state index is 10.4. The van der Waals surface area contributed by atoms with Crippen LogP contribution in [0.25, 0.3) is 5.57 Å². The molecule has 16 heavy (non-hydrogen) atoms. The average molecular weight is 284 g/mol. The quantitative estimate of drug-likeness (QED) is 0.842. The van der Waals surface area contributed by atoms with Gasteiger partial charge in [-0.05, 0) is 46.5 Å². The van der Waals surface area contributed by atoms with Gasteiger partial charge in [-0.3, -0.25) is 4.79 Å². The van der Waals surface area contributed by atoms with Crippen molar-refractivity contribution < 1.29 is 9.90 Å². The molecular formula is C12H14BrNO2. The lowest BCUT2D eigenvalue weighted by Gasteiger charge is -2.04. The Bertz CT molecular complexity index is 402. The molecule has 0 aliphatic carbocycles.